The van der Waals surface area contributed by atoms with Crippen molar-refractivity contribution in [1.29, 1.82) is 0 Å². The van der Waals surface area contributed by atoms with Gasteiger partial charge in [-0.25, -0.2) is 29.9 Å². The van der Waals surface area contributed by atoms with Crippen LogP contribution in [0.3, 0.4) is 0 Å². The molecule has 0 bridgehead atoms. The number of aromatic nitrogens is 6. The van der Waals surface area contributed by atoms with Crippen molar-refractivity contribution in [2.75, 3.05) is 0 Å². The first-order valence-electron chi connectivity index (χ1n) is 10.5. The van der Waals surface area contributed by atoms with E-state index in [-0.39, 0.29) is 5.66 Å². The second kappa shape index (κ2) is 10.1. The maximum absolute atomic E-state index is 4.50. The molecule has 1 fully saturated rings. The average Bonchev–Trinajstić information content (AvgIpc) is 2.81. The van der Waals surface area contributed by atoms with Crippen LogP contribution < -0.4 is 0 Å². The van der Waals surface area contributed by atoms with Gasteiger partial charge in [0.1, 0.15) is 17.5 Å². The van der Waals surface area contributed by atoms with Crippen LogP contribution in [0.25, 0.3) is 0 Å². The molecule has 3 heterocycles. The quantitative estimate of drug-likeness (QED) is 0.404. The second-order valence-electron chi connectivity index (χ2n) is 7.75. The van der Waals surface area contributed by atoms with Gasteiger partial charge in [-0.2, -0.15) is 0 Å². The Morgan fingerprint density at radius 1 is 0.633 bits per heavy atom. The van der Waals surface area contributed by atoms with Gasteiger partial charge in [0, 0.05) is 43.7 Å². The molecule has 0 radical (unpaired) electrons. The molecular formula is C21H27AlN8. The Labute approximate surface area is 185 Å². The van der Waals surface area contributed by atoms with E-state index in [4.69, 9.17) is 0 Å². The van der Waals surface area contributed by atoms with Gasteiger partial charge >= 0.3 is 16.5 Å². The molecule has 0 unspecified atom stereocenters. The highest BCUT2D eigenvalue weighted by Gasteiger charge is 2.41. The summed E-state index contributed by atoms with van der Waals surface area (Å²) in [5.74, 6) is 2.51. The lowest BCUT2D eigenvalue weighted by atomic mass is 9.87. The molecule has 1 aliphatic carbocycles. The van der Waals surface area contributed by atoms with Gasteiger partial charge in [0.2, 0.25) is 0 Å². The highest BCUT2D eigenvalue weighted by atomic mass is 27.1. The summed E-state index contributed by atoms with van der Waals surface area (Å²) >= 11 is 0.901. The van der Waals surface area contributed by atoms with Gasteiger partial charge < -0.3 is 3.88 Å². The number of hydrogen-bond donors (Lipinski definition) is 0. The largest absolute Gasteiger partial charge is 0.368 e. The van der Waals surface area contributed by atoms with Crippen molar-refractivity contribution in [1.82, 2.24) is 38.7 Å². The van der Waals surface area contributed by atoms with Gasteiger partial charge in [0.25, 0.3) is 0 Å². The summed E-state index contributed by atoms with van der Waals surface area (Å²) in [5.41, 5.74) is -0.0952. The third-order valence-electron chi connectivity index (χ3n) is 5.85. The molecule has 4 rings (SSSR count). The third kappa shape index (κ3) is 5.05. The lowest BCUT2D eigenvalue weighted by molar-refractivity contribution is -0.0589. The molecule has 0 N–H and O–H groups in total. The maximum atomic E-state index is 4.50. The Kier molecular flexibility index (Phi) is 7.08. The molecule has 8 nitrogen and oxygen atoms in total. The van der Waals surface area contributed by atoms with E-state index in [9.17, 15) is 0 Å². The van der Waals surface area contributed by atoms with E-state index in [2.05, 4.69) is 38.7 Å². The monoisotopic (exact) mass is 418 g/mol. The fourth-order valence-electron chi connectivity index (χ4n) is 4.34. The topological polar surface area (TPSA) is 83.8 Å². The highest BCUT2D eigenvalue weighted by molar-refractivity contribution is 6.04. The standard InChI is InChI=1S/C21H25N8.Al.2H/c1-2-7-21(8-3-1,28-15-18-22-9-4-10-23-18)29(16-19-24-11-5-12-25-19)17-20-26-13-6-14-27-20;;;/h4-6,9-14H,1-3,7-8,15-17H2;;;/q-1;+1;;. The summed E-state index contributed by atoms with van der Waals surface area (Å²) < 4.78 is 2.54. The lowest BCUT2D eigenvalue weighted by Gasteiger charge is -2.52. The second-order valence-corrected chi connectivity index (χ2v) is 8.83. The van der Waals surface area contributed by atoms with Crippen LogP contribution in [0, 0.1) is 0 Å². The molecule has 0 aliphatic heterocycles. The third-order valence-corrected chi connectivity index (χ3v) is 7.00. The maximum Gasteiger partial charge on any atom is 0.324 e. The molecule has 0 amide bonds. The fourth-order valence-corrected chi connectivity index (χ4v) is 5.36. The average molecular weight is 418 g/mol. The number of nitrogens with zero attached hydrogens (tertiary/aromatic N) is 8. The van der Waals surface area contributed by atoms with Crippen molar-refractivity contribution < 1.29 is 0 Å². The minimum absolute atomic E-state index is 0.0952. The van der Waals surface area contributed by atoms with Crippen LogP contribution in [-0.4, -0.2) is 60.9 Å². The Morgan fingerprint density at radius 2 is 1.03 bits per heavy atom. The van der Waals surface area contributed by atoms with Gasteiger partial charge in [0.05, 0.1) is 18.8 Å². The SMILES string of the molecule is [AlH2][N](Cc1ncccn1)C1(N(Cc2ncccn2)Cc2ncccn2)CCCCC1. The molecule has 0 spiro atoms. The number of hydrogen-bond acceptors (Lipinski definition) is 8. The van der Waals surface area contributed by atoms with Gasteiger partial charge in [-0.05, 0) is 31.0 Å². The molecule has 3 aromatic rings. The van der Waals surface area contributed by atoms with E-state index >= 15 is 0 Å². The van der Waals surface area contributed by atoms with Crippen molar-refractivity contribution in [3.8, 4) is 0 Å². The molecule has 1 aliphatic rings. The smallest absolute Gasteiger partial charge is 0.324 e. The van der Waals surface area contributed by atoms with Gasteiger partial charge in [-0.3, -0.25) is 4.90 Å². The molecular weight excluding hydrogens is 391 g/mol. The van der Waals surface area contributed by atoms with E-state index in [0.717, 1.165) is 53.4 Å². The molecule has 1 saturated carbocycles. The summed E-state index contributed by atoms with van der Waals surface area (Å²) in [6.45, 7) is 2.07. The van der Waals surface area contributed by atoms with E-state index in [1.54, 1.807) is 0 Å². The van der Waals surface area contributed by atoms with Crippen molar-refractivity contribution in [3.05, 3.63) is 72.9 Å². The van der Waals surface area contributed by atoms with Crippen molar-refractivity contribution in [2.24, 2.45) is 0 Å². The Bertz CT molecular complexity index is 849. The van der Waals surface area contributed by atoms with Crippen molar-refractivity contribution in [3.63, 3.8) is 0 Å². The first-order valence-corrected chi connectivity index (χ1v) is 11.4. The predicted molar refractivity (Wildman–Crippen MR) is 115 cm³/mol. The highest BCUT2D eigenvalue weighted by Crippen LogP contribution is 2.38. The van der Waals surface area contributed by atoms with Crippen LogP contribution in [0.4, 0.5) is 0 Å². The summed E-state index contributed by atoms with van der Waals surface area (Å²) in [6.07, 6.45) is 16.8. The van der Waals surface area contributed by atoms with Crippen LogP contribution in [0.1, 0.15) is 49.6 Å². The van der Waals surface area contributed by atoms with Gasteiger partial charge in [-0.15, -0.1) is 0 Å². The Balaban J connectivity index is 1.66. The van der Waals surface area contributed by atoms with E-state index < -0.39 is 0 Å². The summed E-state index contributed by atoms with van der Waals surface area (Å²) in [7, 11) is 0. The normalized spacial score (nSPS) is 16.1. The van der Waals surface area contributed by atoms with Crippen molar-refractivity contribution >= 4 is 16.5 Å². The van der Waals surface area contributed by atoms with Gasteiger partial charge in [0.15, 0.2) is 0 Å². The van der Waals surface area contributed by atoms with Crippen molar-refractivity contribution in [2.45, 2.75) is 57.4 Å². The summed E-state index contributed by atoms with van der Waals surface area (Å²) in [6, 6.07) is 5.58. The minimum atomic E-state index is -0.0952. The molecule has 9 heteroatoms. The van der Waals surface area contributed by atoms with E-state index in [1.807, 2.05) is 55.4 Å². The molecule has 0 atom stereocenters. The first-order chi connectivity index (χ1) is 14.8. The minimum Gasteiger partial charge on any atom is -0.368 e. The Morgan fingerprint density at radius 3 is 1.47 bits per heavy atom. The number of rotatable bonds is 8. The van der Waals surface area contributed by atoms with Crippen LogP contribution in [0.2, 0.25) is 0 Å². The van der Waals surface area contributed by atoms with Crippen LogP contribution in [0.15, 0.2) is 55.4 Å². The predicted octanol–water partition coefficient (Wildman–Crippen LogP) is 1.77. The lowest BCUT2D eigenvalue weighted by Crippen LogP contribution is -2.60. The zero-order valence-electron chi connectivity index (χ0n) is 17.4. The van der Waals surface area contributed by atoms with Crippen LogP contribution in [-0.2, 0) is 19.6 Å². The van der Waals surface area contributed by atoms with Crippen LogP contribution >= 0.6 is 0 Å². The van der Waals surface area contributed by atoms with E-state index in [1.165, 1.54) is 19.3 Å². The van der Waals surface area contributed by atoms with E-state index in [0.29, 0.717) is 13.1 Å². The molecule has 3 aromatic heterocycles. The molecule has 30 heavy (non-hydrogen) atoms. The molecule has 0 aromatic carbocycles. The molecule has 154 valence electrons. The Hall–Kier alpha value is -2.31. The zero-order chi connectivity index (χ0) is 20.7. The van der Waals surface area contributed by atoms with Crippen LogP contribution in [0.5, 0.6) is 0 Å². The fraction of sp³-hybridized carbons (Fsp3) is 0.429. The van der Waals surface area contributed by atoms with Gasteiger partial charge in [-0.1, -0.05) is 19.3 Å². The summed E-state index contributed by atoms with van der Waals surface area (Å²) in [4.78, 5) is 29.4. The zero-order valence-corrected chi connectivity index (χ0v) is 19.4. The molecule has 0 saturated heterocycles. The summed E-state index contributed by atoms with van der Waals surface area (Å²) in [5, 5.41) is 0. The first kappa shape index (κ1) is 20.9.